The van der Waals surface area contributed by atoms with E-state index in [0.29, 0.717) is 18.9 Å². The Bertz CT molecular complexity index is 671. The number of fused-ring (bicyclic) bond motifs is 1. The predicted molar refractivity (Wildman–Crippen MR) is 77.9 cm³/mol. The highest BCUT2D eigenvalue weighted by Gasteiger charge is 2.16. The zero-order chi connectivity index (χ0) is 13.9. The van der Waals surface area contributed by atoms with Crippen molar-refractivity contribution in [2.45, 2.75) is 25.8 Å². The van der Waals surface area contributed by atoms with Crippen LogP contribution in [0.2, 0.25) is 0 Å². The summed E-state index contributed by atoms with van der Waals surface area (Å²) in [4.78, 5) is 28.4. The minimum absolute atomic E-state index is 0.0547. The van der Waals surface area contributed by atoms with Crippen molar-refractivity contribution >= 4 is 16.8 Å². The molecule has 1 fully saturated rings. The van der Waals surface area contributed by atoms with Crippen molar-refractivity contribution in [3.05, 3.63) is 34.7 Å². The Morgan fingerprint density at radius 1 is 1.15 bits per heavy atom. The summed E-state index contributed by atoms with van der Waals surface area (Å²) in [5.41, 5.74) is 1.78. The molecule has 0 spiro atoms. The highest BCUT2D eigenvalue weighted by Crippen LogP contribution is 2.10. The molecule has 1 saturated heterocycles. The normalized spacial score (nSPS) is 16.9. The zero-order valence-corrected chi connectivity index (χ0v) is 11.5. The van der Waals surface area contributed by atoms with E-state index in [1.165, 1.54) is 0 Å². The smallest absolute Gasteiger partial charge is 0.306 e. The molecule has 5 nitrogen and oxygen atoms in total. The molecule has 20 heavy (non-hydrogen) atoms. The van der Waals surface area contributed by atoms with Gasteiger partial charge in [-0.25, -0.2) is 4.79 Å². The van der Waals surface area contributed by atoms with Gasteiger partial charge in [0.2, 0.25) is 0 Å². The van der Waals surface area contributed by atoms with Gasteiger partial charge in [-0.1, -0.05) is 12.1 Å². The largest absolute Gasteiger partial charge is 0.326 e. The lowest BCUT2D eigenvalue weighted by Crippen LogP contribution is -2.36. The molecule has 1 aromatic carbocycles. The monoisotopic (exact) mass is 273 g/mol. The fraction of sp³-hybridized carbons (Fsp3) is 0.467. The van der Waals surface area contributed by atoms with Gasteiger partial charge in [-0.2, -0.15) is 0 Å². The van der Waals surface area contributed by atoms with Crippen molar-refractivity contribution in [1.29, 1.82) is 0 Å². The number of nitrogens with one attached hydrogen (secondary N) is 1. The van der Waals surface area contributed by atoms with E-state index in [0.717, 1.165) is 43.4 Å². The van der Waals surface area contributed by atoms with Crippen LogP contribution in [-0.4, -0.2) is 39.9 Å². The van der Waals surface area contributed by atoms with E-state index in [4.69, 9.17) is 0 Å². The number of rotatable bonds is 4. The van der Waals surface area contributed by atoms with E-state index >= 15 is 0 Å². The second kappa shape index (κ2) is 5.63. The van der Waals surface area contributed by atoms with E-state index in [-0.39, 0.29) is 5.69 Å². The molecule has 106 valence electrons. The molecule has 2 aromatic rings. The van der Waals surface area contributed by atoms with Crippen LogP contribution in [0.5, 0.6) is 0 Å². The third-order valence-corrected chi connectivity index (χ3v) is 3.87. The summed E-state index contributed by atoms with van der Waals surface area (Å²) in [6, 6.07) is 7.73. The van der Waals surface area contributed by atoms with Crippen molar-refractivity contribution in [3.63, 3.8) is 0 Å². The molecule has 1 N–H and O–H groups in total. The maximum atomic E-state index is 11.9. The van der Waals surface area contributed by atoms with Crippen LogP contribution >= 0.6 is 0 Å². The van der Waals surface area contributed by atoms with Gasteiger partial charge in [0.15, 0.2) is 0 Å². The van der Waals surface area contributed by atoms with Crippen molar-refractivity contribution in [2.24, 2.45) is 0 Å². The van der Waals surface area contributed by atoms with Crippen molar-refractivity contribution in [1.82, 2.24) is 14.5 Å². The number of aromatic amines is 1. The summed E-state index contributed by atoms with van der Waals surface area (Å²) < 4.78 is 1.78. The van der Waals surface area contributed by atoms with E-state index in [1.54, 1.807) is 4.57 Å². The van der Waals surface area contributed by atoms with E-state index in [1.807, 2.05) is 24.3 Å². The Morgan fingerprint density at radius 2 is 2.00 bits per heavy atom. The molecule has 1 aliphatic heterocycles. The maximum Gasteiger partial charge on any atom is 0.326 e. The van der Waals surface area contributed by atoms with Gasteiger partial charge in [-0.05, 0) is 31.5 Å². The summed E-state index contributed by atoms with van der Waals surface area (Å²) in [6.07, 6.45) is 2.57. The fourth-order valence-electron chi connectivity index (χ4n) is 2.88. The average Bonchev–Trinajstić information content (AvgIpc) is 2.75. The first-order chi connectivity index (χ1) is 9.74. The van der Waals surface area contributed by atoms with Gasteiger partial charge >= 0.3 is 5.69 Å². The number of piperidine rings is 1. The van der Waals surface area contributed by atoms with E-state index in [9.17, 15) is 9.59 Å². The van der Waals surface area contributed by atoms with Gasteiger partial charge in [0.25, 0.3) is 0 Å². The number of carbonyl (C=O) groups is 1. The number of benzene rings is 1. The van der Waals surface area contributed by atoms with Crippen LogP contribution in [-0.2, 0) is 11.3 Å². The lowest BCUT2D eigenvalue weighted by Gasteiger charge is -2.25. The fourth-order valence-corrected chi connectivity index (χ4v) is 2.88. The molecule has 2 heterocycles. The van der Waals surface area contributed by atoms with Gasteiger partial charge in [0, 0.05) is 19.5 Å². The van der Waals surface area contributed by atoms with Crippen LogP contribution in [0.25, 0.3) is 11.0 Å². The molecule has 0 aliphatic carbocycles. The second-order valence-electron chi connectivity index (χ2n) is 5.37. The summed E-state index contributed by atoms with van der Waals surface area (Å²) >= 11 is 0. The third-order valence-electron chi connectivity index (χ3n) is 3.87. The van der Waals surface area contributed by atoms with Crippen LogP contribution in [0.15, 0.2) is 29.1 Å². The average molecular weight is 273 g/mol. The molecule has 0 saturated carbocycles. The third kappa shape index (κ3) is 2.67. The number of ketones is 1. The first-order valence-electron chi connectivity index (χ1n) is 7.15. The van der Waals surface area contributed by atoms with Crippen LogP contribution < -0.4 is 5.69 Å². The summed E-state index contributed by atoms with van der Waals surface area (Å²) in [5, 5.41) is 0. The number of aryl methyl sites for hydroxylation is 1. The van der Waals surface area contributed by atoms with E-state index < -0.39 is 0 Å². The van der Waals surface area contributed by atoms with Crippen molar-refractivity contribution < 1.29 is 4.79 Å². The van der Waals surface area contributed by atoms with Gasteiger partial charge in [-0.3, -0.25) is 14.3 Å². The van der Waals surface area contributed by atoms with Gasteiger partial charge in [-0.15, -0.1) is 0 Å². The Morgan fingerprint density at radius 3 is 2.85 bits per heavy atom. The highest BCUT2D eigenvalue weighted by molar-refractivity contribution is 5.81. The zero-order valence-electron chi connectivity index (χ0n) is 11.5. The molecular formula is C15H19N3O2. The molecule has 0 bridgehead atoms. The first kappa shape index (κ1) is 13.1. The summed E-state index contributed by atoms with van der Waals surface area (Å²) in [6.45, 7) is 3.13. The van der Waals surface area contributed by atoms with Crippen molar-refractivity contribution in [2.75, 3.05) is 19.6 Å². The topological polar surface area (TPSA) is 58.1 Å². The quantitative estimate of drug-likeness (QED) is 0.915. The van der Waals surface area contributed by atoms with Crippen LogP contribution in [0, 0.1) is 0 Å². The molecule has 1 aromatic heterocycles. The Labute approximate surface area is 117 Å². The highest BCUT2D eigenvalue weighted by atomic mass is 16.1. The number of H-pyrrole nitrogens is 1. The van der Waals surface area contributed by atoms with Gasteiger partial charge in [0.1, 0.15) is 5.78 Å². The van der Waals surface area contributed by atoms with Crippen LogP contribution in [0.1, 0.15) is 19.3 Å². The van der Waals surface area contributed by atoms with Crippen LogP contribution in [0.3, 0.4) is 0 Å². The Kier molecular flexibility index (Phi) is 3.69. The molecular weight excluding hydrogens is 254 g/mol. The summed E-state index contributed by atoms with van der Waals surface area (Å²) in [7, 11) is 0. The Hall–Kier alpha value is -1.88. The molecule has 0 atom stereocenters. The number of likely N-dealkylation sites (tertiary alicyclic amines) is 1. The minimum atomic E-state index is -0.0547. The predicted octanol–water partition coefficient (Wildman–Crippen LogP) is 1.38. The van der Waals surface area contributed by atoms with E-state index in [2.05, 4.69) is 9.88 Å². The standard InChI is InChI=1S/C15H19N3O2/c19-12-5-3-8-17(11-12)9-4-10-18-14-7-2-1-6-13(14)16-15(18)20/h1-2,6-7H,3-5,8-11H2,(H,16,20). The second-order valence-corrected chi connectivity index (χ2v) is 5.37. The van der Waals surface area contributed by atoms with Crippen LogP contribution in [0.4, 0.5) is 0 Å². The SMILES string of the molecule is O=C1CCCN(CCCn2c(=O)[nH]c3ccccc32)C1. The molecule has 0 amide bonds. The summed E-state index contributed by atoms with van der Waals surface area (Å²) in [5.74, 6) is 0.334. The lowest BCUT2D eigenvalue weighted by atomic mass is 10.1. The molecule has 5 heteroatoms. The number of Topliss-reactive ketones (excluding diaryl/α,β-unsaturated/α-hetero) is 1. The molecule has 3 rings (SSSR count). The van der Waals surface area contributed by atoms with Gasteiger partial charge in [0.05, 0.1) is 17.6 Å². The number of aromatic nitrogens is 2. The molecule has 0 unspecified atom stereocenters. The number of para-hydroxylation sites is 2. The maximum absolute atomic E-state index is 11.9. The first-order valence-corrected chi connectivity index (χ1v) is 7.15. The Balaban J connectivity index is 1.64. The minimum Gasteiger partial charge on any atom is -0.306 e. The number of imidazole rings is 1. The number of nitrogens with zero attached hydrogens (tertiary/aromatic N) is 2. The lowest BCUT2D eigenvalue weighted by molar-refractivity contribution is -0.122. The number of carbonyl (C=O) groups excluding carboxylic acids is 1. The number of hydrogen-bond acceptors (Lipinski definition) is 3. The number of hydrogen-bond donors (Lipinski definition) is 1. The molecule has 1 aliphatic rings. The van der Waals surface area contributed by atoms with Crippen molar-refractivity contribution in [3.8, 4) is 0 Å². The van der Waals surface area contributed by atoms with Gasteiger partial charge < -0.3 is 4.98 Å². The molecule has 0 radical (unpaired) electrons.